The molecule has 0 aromatic heterocycles. The molecule has 0 heterocycles. The van der Waals surface area contributed by atoms with Crippen molar-refractivity contribution in [3.8, 4) is 0 Å². The molecule has 4 aromatic carbocycles. The Hall–Kier alpha value is -2.20. The maximum absolute atomic E-state index is 7.47. The summed E-state index contributed by atoms with van der Waals surface area (Å²) < 4.78 is 28.3. The van der Waals surface area contributed by atoms with Gasteiger partial charge >= 0.3 is 17.1 Å². The molecule has 0 aliphatic carbocycles. The van der Waals surface area contributed by atoms with Crippen molar-refractivity contribution >= 4 is 63.5 Å². The maximum Gasteiger partial charge on any atom is 0.396 e. The molecule has 0 saturated carbocycles. The van der Waals surface area contributed by atoms with Gasteiger partial charge in [0.05, 0.1) is 0 Å². The molecule has 0 radical (unpaired) electrons. The molecule has 0 unspecified atom stereocenters. The zero-order valence-corrected chi connectivity index (χ0v) is 31.3. The number of hydrogen-bond acceptors (Lipinski definition) is 4. The second kappa shape index (κ2) is 14.1. The number of hydrogen-bond donors (Lipinski definition) is 0. The van der Waals surface area contributed by atoms with E-state index in [1.807, 2.05) is 7.11 Å². The van der Waals surface area contributed by atoms with Crippen LogP contribution in [0.15, 0.2) is 121 Å². The van der Waals surface area contributed by atoms with Crippen molar-refractivity contribution in [3.63, 3.8) is 0 Å². The van der Waals surface area contributed by atoms with E-state index >= 15 is 0 Å². The van der Waals surface area contributed by atoms with Gasteiger partial charge in [-0.2, -0.15) is 0 Å². The molecule has 9 heteroatoms. The van der Waals surface area contributed by atoms with E-state index in [2.05, 4.69) is 161 Å². The Bertz CT molecular complexity index is 1290. The van der Waals surface area contributed by atoms with Crippen molar-refractivity contribution in [1.29, 1.82) is 0 Å². The van der Waals surface area contributed by atoms with E-state index < -0.39 is 42.8 Å². The van der Waals surface area contributed by atoms with Gasteiger partial charge in [0.15, 0.2) is 25.7 Å². The molecule has 222 valence electrons. The summed E-state index contributed by atoms with van der Waals surface area (Å²) in [4.78, 5) is 0. The molecule has 0 aliphatic heterocycles. The smallest absolute Gasteiger partial charge is 0.396 e. The molecule has 0 saturated heterocycles. The molecule has 0 amide bonds. The van der Waals surface area contributed by atoms with Crippen molar-refractivity contribution in [3.05, 3.63) is 121 Å². The van der Waals surface area contributed by atoms with Gasteiger partial charge in [-0.3, -0.25) is 0 Å². The second-order valence-corrected chi connectivity index (χ2v) is 30.2. The molecule has 0 atom stereocenters. The fourth-order valence-electron chi connectivity index (χ4n) is 5.45. The quantitative estimate of drug-likeness (QED) is 0.168. The molecule has 0 fully saturated rings. The summed E-state index contributed by atoms with van der Waals surface area (Å²) in [6.07, 6.45) is 0. The molecule has 0 aliphatic rings. The SMILES string of the molecule is CO[Si](O[Si](C)(C)CC[Si](C)(C)O[Si](O[SiH](C)C)(c1ccccc1)c1ccccc1)(c1ccccc1)c1ccccc1. The van der Waals surface area contributed by atoms with Crippen LogP contribution in [0.5, 0.6) is 0 Å². The lowest BCUT2D eigenvalue weighted by molar-refractivity contribution is 0.325. The van der Waals surface area contributed by atoms with E-state index in [0.717, 1.165) is 22.5 Å². The van der Waals surface area contributed by atoms with Crippen LogP contribution in [-0.4, -0.2) is 49.9 Å². The minimum Gasteiger partial charge on any atom is -0.433 e. The van der Waals surface area contributed by atoms with Gasteiger partial charge in [-0.25, -0.2) is 0 Å². The highest BCUT2D eigenvalue weighted by Gasteiger charge is 2.49. The van der Waals surface area contributed by atoms with Gasteiger partial charge in [0.1, 0.15) is 0 Å². The first-order valence-electron chi connectivity index (χ1n) is 14.9. The van der Waals surface area contributed by atoms with Crippen LogP contribution in [0.25, 0.3) is 0 Å². The number of benzene rings is 4. The zero-order valence-electron chi connectivity index (χ0n) is 26.2. The molecular weight excluding hydrogens is 601 g/mol. The molecule has 0 bridgehead atoms. The van der Waals surface area contributed by atoms with E-state index in [9.17, 15) is 0 Å². The third kappa shape index (κ3) is 7.84. The van der Waals surface area contributed by atoms with Crippen molar-refractivity contribution in [2.45, 2.75) is 51.4 Å². The summed E-state index contributed by atoms with van der Waals surface area (Å²) in [5.41, 5.74) is 0. The van der Waals surface area contributed by atoms with E-state index in [4.69, 9.17) is 16.8 Å². The maximum atomic E-state index is 7.47. The van der Waals surface area contributed by atoms with Crippen molar-refractivity contribution in [2.24, 2.45) is 0 Å². The van der Waals surface area contributed by atoms with Crippen LogP contribution in [0.4, 0.5) is 0 Å². The van der Waals surface area contributed by atoms with Gasteiger partial charge in [0, 0.05) is 7.11 Å². The lowest BCUT2D eigenvalue weighted by Crippen LogP contribution is -2.68. The van der Waals surface area contributed by atoms with Crippen LogP contribution >= 0.6 is 0 Å². The third-order valence-corrected chi connectivity index (χ3v) is 25.8. The molecule has 0 N–H and O–H groups in total. The average molecular weight is 647 g/mol. The Morgan fingerprint density at radius 2 is 0.762 bits per heavy atom. The third-order valence-electron chi connectivity index (χ3n) is 7.47. The zero-order chi connectivity index (χ0) is 30.3. The first-order chi connectivity index (χ1) is 20.0. The van der Waals surface area contributed by atoms with Gasteiger partial charge in [-0.1, -0.05) is 121 Å². The standard InChI is InChI=1S/C33H46O4Si5/c1-34-41(30-20-12-8-13-21-30,31-22-14-9-15-23-31)36-39(4,5)28-29-40(6,7)37-42(35-38(2)3,32-24-16-10-17-25-32)33-26-18-11-19-27-33/h8-27,38H,28-29H2,1-7H3. The summed E-state index contributed by atoms with van der Waals surface area (Å²) >= 11 is 0. The topological polar surface area (TPSA) is 36.9 Å². The monoisotopic (exact) mass is 646 g/mol. The predicted molar refractivity (Wildman–Crippen MR) is 190 cm³/mol. The van der Waals surface area contributed by atoms with Crippen LogP contribution in [0, 0.1) is 0 Å². The number of rotatable bonds is 14. The van der Waals surface area contributed by atoms with Crippen LogP contribution in [0.2, 0.25) is 51.4 Å². The van der Waals surface area contributed by atoms with Crippen molar-refractivity contribution < 1.29 is 16.8 Å². The second-order valence-electron chi connectivity index (χ2n) is 12.3. The van der Waals surface area contributed by atoms with E-state index in [0.29, 0.717) is 0 Å². The Morgan fingerprint density at radius 1 is 0.476 bits per heavy atom. The molecule has 4 aromatic rings. The highest BCUT2D eigenvalue weighted by atomic mass is 28.5. The molecule has 4 nitrogen and oxygen atoms in total. The fraction of sp³-hybridized carbons (Fsp3) is 0.273. The van der Waals surface area contributed by atoms with E-state index in [1.165, 1.54) is 10.4 Å². The van der Waals surface area contributed by atoms with Crippen LogP contribution in [0.1, 0.15) is 0 Å². The first-order valence-corrected chi connectivity index (χ1v) is 27.5. The minimum absolute atomic E-state index is 0.983. The van der Waals surface area contributed by atoms with Crippen molar-refractivity contribution in [2.75, 3.05) is 7.11 Å². The first kappa shape index (κ1) is 32.7. The highest BCUT2D eigenvalue weighted by molar-refractivity contribution is 7.01. The summed E-state index contributed by atoms with van der Waals surface area (Å²) in [5, 5.41) is 4.65. The molecular formula is C33H46O4Si5. The van der Waals surface area contributed by atoms with Gasteiger partial charge in [0.2, 0.25) is 0 Å². The highest BCUT2D eigenvalue weighted by Crippen LogP contribution is 2.28. The molecule has 4 rings (SSSR count). The summed E-state index contributed by atoms with van der Waals surface area (Å²) in [6.45, 7) is 13.9. The predicted octanol–water partition coefficient (Wildman–Crippen LogP) is 5.59. The molecule has 0 spiro atoms. The Labute approximate surface area is 259 Å². The van der Waals surface area contributed by atoms with E-state index in [-0.39, 0.29) is 0 Å². The fourth-order valence-corrected chi connectivity index (χ4v) is 27.6. The lowest BCUT2D eigenvalue weighted by atomic mass is 10.4. The van der Waals surface area contributed by atoms with Gasteiger partial charge in [-0.15, -0.1) is 0 Å². The largest absolute Gasteiger partial charge is 0.433 e. The van der Waals surface area contributed by atoms with Gasteiger partial charge < -0.3 is 16.8 Å². The lowest BCUT2D eigenvalue weighted by Gasteiger charge is -2.42. The Kier molecular flexibility index (Phi) is 11.0. The molecule has 42 heavy (non-hydrogen) atoms. The minimum atomic E-state index is -2.92. The van der Waals surface area contributed by atoms with Crippen LogP contribution < -0.4 is 20.7 Å². The van der Waals surface area contributed by atoms with Gasteiger partial charge in [-0.05, 0) is 72.1 Å². The van der Waals surface area contributed by atoms with Crippen LogP contribution in [-0.2, 0) is 16.8 Å². The van der Waals surface area contributed by atoms with Crippen LogP contribution in [0.3, 0.4) is 0 Å². The van der Waals surface area contributed by atoms with Gasteiger partial charge in [0.25, 0.3) is 0 Å². The summed E-state index contributed by atoms with van der Waals surface area (Å²) in [7, 11) is -9.92. The average Bonchev–Trinajstić information content (AvgIpc) is 3.00. The Morgan fingerprint density at radius 3 is 1.05 bits per heavy atom. The summed E-state index contributed by atoms with van der Waals surface area (Å²) in [5.74, 6) is 0. The van der Waals surface area contributed by atoms with E-state index in [1.54, 1.807) is 0 Å². The normalized spacial score (nSPS) is 13.0. The Balaban J connectivity index is 1.64. The summed E-state index contributed by atoms with van der Waals surface area (Å²) in [6, 6.07) is 44.4. The van der Waals surface area contributed by atoms with Crippen molar-refractivity contribution in [1.82, 2.24) is 0 Å².